The molecule has 4 rings (SSSR count). The summed E-state index contributed by atoms with van der Waals surface area (Å²) in [5.74, 6) is -1.23. The van der Waals surface area contributed by atoms with Crippen molar-refractivity contribution in [2.45, 2.75) is 44.6 Å². The Morgan fingerprint density at radius 2 is 1.94 bits per heavy atom. The number of ether oxygens (including phenoxy) is 2. The van der Waals surface area contributed by atoms with Crippen molar-refractivity contribution in [1.29, 1.82) is 0 Å². The quantitative estimate of drug-likeness (QED) is 0.558. The number of amides is 1. The third-order valence-electron chi connectivity index (χ3n) is 6.50. The van der Waals surface area contributed by atoms with Crippen molar-refractivity contribution in [3.8, 4) is 11.5 Å². The SMILES string of the molecule is CCN(C)C(=O)C(C)c1ccc(O[C@@H]2CCN(c3ccc(OCC4CC4(F)F)cn3)C2)cc1. The molecular weight excluding hydrogens is 428 g/mol. The first kappa shape index (κ1) is 23.3. The van der Waals surface area contributed by atoms with Gasteiger partial charge in [0.15, 0.2) is 0 Å². The summed E-state index contributed by atoms with van der Waals surface area (Å²) < 4.78 is 37.5. The van der Waals surface area contributed by atoms with E-state index in [0.717, 1.165) is 30.1 Å². The molecule has 1 aliphatic heterocycles. The molecule has 178 valence electrons. The number of carbonyl (C=O) groups is 1. The average molecular weight is 460 g/mol. The lowest BCUT2D eigenvalue weighted by molar-refractivity contribution is -0.130. The molecule has 1 aromatic carbocycles. The molecule has 0 radical (unpaired) electrons. The maximum absolute atomic E-state index is 13.0. The van der Waals surface area contributed by atoms with Gasteiger partial charge in [-0.2, -0.15) is 0 Å². The molecule has 33 heavy (non-hydrogen) atoms. The molecule has 1 aliphatic carbocycles. The second-order valence-corrected chi connectivity index (χ2v) is 8.94. The lowest BCUT2D eigenvalue weighted by atomic mass is 10.00. The van der Waals surface area contributed by atoms with Crippen LogP contribution in [0, 0.1) is 5.92 Å². The molecule has 0 bridgehead atoms. The molecule has 0 spiro atoms. The van der Waals surface area contributed by atoms with Gasteiger partial charge in [-0.15, -0.1) is 0 Å². The van der Waals surface area contributed by atoms with Gasteiger partial charge in [0.2, 0.25) is 5.91 Å². The van der Waals surface area contributed by atoms with Gasteiger partial charge in [0, 0.05) is 33.0 Å². The van der Waals surface area contributed by atoms with Gasteiger partial charge < -0.3 is 19.3 Å². The summed E-state index contributed by atoms with van der Waals surface area (Å²) >= 11 is 0. The van der Waals surface area contributed by atoms with E-state index in [4.69, 9.17) is 9.47 Å². The van der Waals surface area contributed by atoms with E-state index in [9.17, 15) is 13.6 Å². The minimum atomic E-state index is -2.57. The van der Waals surface area contributed by atoms with Crippen molar-refractivity contribution in [2.75, 3.05) is 38.2 Å². The monoisotopic (exact) mass is 459 g/mol. The van der Waals surface area contributed by atoms with Crippen molar-refractivity contribution >= 4 is 11.7 Å². The Bertz CT molecular complexity index is 952. The number of alkyl halides is 2. The molecular formula is C25H31F2N3O3. The van der Waals surface area contributed by atoms with Gasteiger partial charge in [-0.25, -0.2) is 13.8 Å². The highest BCUT2D eigenvalue weighted by atomic mass is 19.3. The molecule has 6 nitrogen and oxygen atoms in total. The first-order chi connectivity index (χ1) is 15.8. The van der Waals surface area contributed by atoms with E-state index in [1.165, 1.54) is 0 Å². The Hall–Kier alpha value is -2.90. The van der Waals surface area contributed by atoms with Gasteiger partial charge in [0.05, 0.1) is 31.2 Å². The minimum absolute atomic E-state index is 0.0225. The van der Waals surface area contributed by atoms with Gasteiger partial charge in [0.1, 0.15) is 23.4 Å². The second-order valence-electron chi connectivity index (χ2n) is 8.94. The molecule has 2 fully saturated rings. The van der Waals surface area contributed by atoms with Crippen LogP contribution < -0.4 is 14.4 Å². The van der Waals surface area contributed by atoms with Crippen LogP contribution in [0.5, 0.6) is 11.5 Å². The summed E-state index contributed by atoms with van der Waals surface area (Å²) in [6.07, 6.45) is 2.40. The highest BCUT2D eigenvalue weighted by molar-refractivity contribution is 5.83. The van der Waals surface area contributed by atoms with Crippen molar-refractivity contribution in [1.82, 2.24) is 9.88 Å². The van der Waals surface area contributed by atoms with Gasteiger partial charge >= 0.3 is 0 Å². The molecule has 1 aromatic heterocycles. The number of likely N-dealkylation sites (N-methyl/N-ethyl adjacent to an activating group) is 1. The normalized spacial score (nSPS) is 22.0. The zero-order chi connectivity index (χ0) is 23.6. The Morgan fingerprint density at radius 1 is 1.24 bits per heavy atom. The van der Waals surface area contributed by atoms with Crippen LogP contribution in [0.25, 0.3) is 0 Å². The second kappa shape index (κ2) is 9.53. The summed E-state index contributed by atoms with van der Waals surface area (Å²) in [4.78, 5) is 20.7. The molecule has 1 saturated carbocycles. The van der Waals surface area contributed by atoms with Gasteiger partial charge in [0.25, 0.3) is 5.92 Å². The number of nitrogens with zero attached hydrogens (tertiary/aromatic N) is 3. The number of halogens is 2. The fraction of sp³-hybridized carbons (Fsp3) is 0.520. The summed E-state index contributed by atoms with van der Waals surface area (Å²) in [6.45, 7) is 6.12. The number of anilines is 1. The largest absolute Gasteiger partial charge is 0.491 e. The molecule has 3 atom stereocenters. The number of hydrogen-bond donors (Lipinski definition) is 0. The number of aromatic nitrogens is 1. The number of benzene rings is 1. The maximum Gasteiger partial charge on any atom is 0.255 e. The number of hydrogen-bond acceptors (Lipinski definition) is 5. The number of pyridine rings is 1. The van der Waals surface area contributed by atoms with Crippen LogP contribution in [-0.4, -0.2) is 61.1 Å². The molecule has 0 N–H and O–H groups in total. The van der Waals surface area contributed by atoms with Crippen LogP contribution in [-0.2, 0) is 4.79 Å². The average Bonchev–Trinajstić information content (AvgIpc) is 3.19. The molecule has 2 aromatic rings. The summed E-state index contributed by atoms with van der Waals surface area (Å²) in [5, 5.41) is 0. The maximum atomic E-state index is 13.0. The third kappa shape index (κ3) is 5.54. The highest BCUT2D eigenvalue weighted by Gasteiger charge is 2.57. The Balaban J connectivity index is 1.26. The van der Waals surface area contributed by atoms with Gasteiger partial charge in [-0.1, -0.05) is 12.1 Å². The Kier molecular flexibility index (Phi) is 6.72. The summed E-state index contributed by atoms with van der Waals surface area (Å²) in [6, 6.07) is 11.4. The zero-order valence-electron chi connectivity index (χ0n) is 19.3. The molecule has 2 heterocycles. The van der Waals surface area contributed by atoms with E-state index in [0.29, 0.717) is 18.8 Å². The van der Waals surface area contributed by atoms with Crippen LogP contribution >= 0.6 is 0 Å². The predicted octanol–water partition coefficient (Wildman–Crippen LogP) is 4.36. The number of carbonyl (C=O) groups excluding carboxylic acids is 1. The highest BCUT2D eigenvalue weighted by Crippen LogP contribution is 2.48. The first-order valence-corrected chi connectivity index (χ1v) is 11.5. The molecule has 2 unspecified atom stereocenters. The fourth-order valence-corrected chi connectivity index (χ4v) is 3.98. The molecule has 2 aliphatic rings. The Morgan fingerprint density at radius 3 is 2.55 bits per heavy atom. The fourth-order valence-electron chi connectivity index (χ4n) is 3.98. The topological polar surface area (TPSA) is 54.9 Å². The van der Waals surface area contributed by atoms with Gasteiger partial charge in [-0.05, 0) is 43.7 Å². The minimum Gasteiger partial charge on any atom is -0.491 e. The van der Waals surface area contributed by atoms with Crippen molar-refractivity contribution in [3.05, 3.63) is 48.2 Å². The van der Waals surface area contributed by atoms with E-state index in [1.54, 1.807) is 17.2 Å². The number of rotatable bonds is 9. The van der Waals surface area contributed by atoms with Gasteiger partial charge in [-0.3, -0.25) is 4.79 Å². The zero-order valence-corrected chi connectivity index (χ0v) is 19.3. The van der Waals surface area contributed by atoms with Crippen LogP contribution in [0.3, 0.4) is 0 Å². The van der Waals surface area contributed by atoms with Crippen molar-refractivity contribution < 1.29 is 23.0 Å². The summed E-state index contributed by atoms with van der Waals surface area (Å²) in [7, 11) is 1.81. The Labute approximate surface area is 193 Å². The van der Waals surface area contributed by atoms with Crippen LogP contribution in [0.2, 0.25) is 0 Å². The molecule has 1 amide bonds. The lowest BCUT2D eigenvalue weighted by Crippen LogP contribution is -2.30. The first-order valence-electron chi connectivity index (χ1n) is 11.5. The van der Waals surface area contributed by atoms with Crippen molar-refractivity contribution in [3.63, 3.8) is 0 Å². The van der Waals surface area contributed by atoms with E-state index in [2.05, 4.69) is 9.88 Å². The van der Waals surface area contributed by atoms with E-state index < -0.39 is 11.8 Å². The predicted molar refractivity (Wildman–Crippen MR) is 122 cm³/mol. The third-order valence-corrected chi connectivity index (χ3v) is 6.50. The molecule has 8 heteroatoms. The van der Waals surface area contributed by atoms with E-state index in [1.807, 2.05) is 51.2 Å². The summed E-state index contributed by atoms with van der Waals surface area (Å²) in [5.41, 5.74) is 0.970. The van der Waals surface area contributed by atoms with Crippen LogP contribution in [0.4, 0.5) is 14.6 Å². The lowest BCUT2D eigenvalue weighted by Gasteiger charge is -2.21. The van der Waals surface area contributed by atoms with E-state index >= 15 is 0 Å². The van der Waals surface area contributed by atoms with Crippen LogP contribution in [0.1, 0.15) is 38.2 Å². The van der Waals surface area contributed by atoms with Crippen molar-refractivity contribution in [2.24, 2.45) is 5.92 Å². The molecule has 1 saturated heterocycles. The van der Waals surface area contributed by atoms with E-state index in [-0.39, 0.29) is 31.0 Å². The smallest absolute Gasteiger partial charge is 0.255 e. The van der Waals surface area contributed by atoms with Crippen LogP contribution in [0.15, 0.2) is 42.6 Å². The standard InChI is InChI=1S/C25H31F2N3O3/c1-4-29(3)24(31)17(2)18-5-7-20(8-6-18)33-22-11-12-30(15-22)23-10-9-21(14-28-23)32-16-19-13-25(19,26)27/h5-10,14,17,19,22H,4,11-13,15-16H2,1-3H3/t17?,19?,22-/m1/s1.